The maximum Gasteiger partial charge on any atom is 0.155 e. The number of hydrogen-bond donors (Lipinski definition) is 3. The van der Waals surface area contributed by atoms with E-state index in [9.17, 15) is 5.11 Å². The molecular weight excluding hydrogens is 394 g/mol. The van der Waals surface area contributed by atoms with Crippen LogP contribution in [0, 0.1) is 5.92 Å². The van der Waals surface area contributed by atoms with E-state index in [0.29, 0.717) is 12.5 Å². The second kappa shape index (κ2) is 8.60. The minimum absolute atomic E-state index is 0.528. The van der Waals surface area contributed by atoms with Crippen molar-refractivity contribution in [2.45, 2.75) is 19.1 Å². The van der Waals surface area contributed by atoms with Crippen LogP contribution >= 0.6 is 11.3 Å². The molecule has 2 aromatic heterocycles. The molecule has 4 heterocycles. The molecule has 5 rings (SSSR count). The highest BCUT2D eigenvalue weighted by Crippen LogP contribution is 2.42. The van der Waals surface area contributed by atoms with Crippen LogP contribution in [0.25, 0.3) is 22.5 Å². The Balaban J connectivity index is 1.57. The van der Waals surface area contributed by atoms with Gasteiger partial charge in [0.05, 0.1) is 12.2 Å². The van der Waals surface area contributed by atoms with Crippen LogP contribution in [0.4, 0.5) is 5.69 Å². The number of aromatic nitrogens is 1. The topological polar surface area (TPSA) is 66.4 Å². The summed E-state index contributed by atoms with van der Waals surface area (Å²) in [7, 11) is 0. The van der Waals surface area contributed by atoms with E-state index in [-0.39, 0.29) is 0 Å². The third kappa shape index (κ3) is 3.86. The number of nitrogens with zero attached hydrogens (tertiary/aromatic N) is 1. The summed E-state index contributed by atoms with van der Waals surface area (Å²) in [4.78, 5) is 5.28. The van der Waals surface area contributed by atoms with Crippen LogP contribution < -0.4 is 10.6 Å². The Morgan fingerprint density at radius 1 is 1.10 bits per heavy atom. The van der Waals surface area contributed by atoms with Crippen LogP contribution in [0.2, 0.25) is 0 Å². The van der Waals surface area contributed by atoms with Gasteiger partial charge in [-0.3, -0.25) is 4.98 Å². The van der Waals surface area contributed by atoms with Gasteiger partial charge in [0.15, 0.2) is 6.23 Å². The fourth-order valence-corrected chi connectivity index (χ4v) is 4.94. The lowest BCUT2D eigenvalue weighted by Gasteiger charge is -2.31. The van der Waals surface area contributed by atoms with Gasteiger partial charge < -0.3 is 20.5 Å². The smallest absolute Gasteiger partial charge is 0.155 e. The predicted octanol–water partition coefficient (Wildman–Crippen LogP) is 4.44. The van der Waals surface area contributed by atoms with Crippen LogP contribution in [0.3, 0.4) is 0 Å². The van der Waals surface area contributed by atoms with Crippen molar-refractivity contribution in [1.82, 2.24) is 10.3 Å². The number of pyridine rings is 1. The minimum atomic E-state index is -0.802. The standard InChI is InChI=1S/C24H25N3O2S/c28-24-22(21-4-2-12-30-21)23(29-15-16-7-10-25-11-8-16)19-13-17(5-6-20(19)27-24)18-3-1-9-26-14-18/h1-6,9,12-14,16,24-25,27-28H,7-8,10-11,15H2. The first kappa shape index (κ1) is 19.3. The predicted molar refractivity (Wildman–Crippen MR) is 122 cm³/mol. The summed E-state index contributed by atoms with van der Waals surface area (Å²) in [5.41, 5.74) is 4.82. The van der Waals surface area contributed by atoms with Crippen molar-refractivity contribution >= 4 is 28.4 Å². The van der Waals surface area contributed by atoms with Crippen molar-refractivity contribution in [1.29, 1.82) is 0 Å². The Bertz CT molecular complexity index is 1030. The summed E-state index contributed by atoms with van der Waals surface area (Å²) in [6.45, 7) is 2.74. The van der Waals surface area contributed by atoms with Gasteiger partial charge in [0.25, 0.3) is 0 Å². The van der Waals surface area contributed by atoms with Gasteiger partial charge in [-0.1, -0.05) is 18.2 Å². The van der Waals surface area contributed by atoms with Crippen LogP contribution in [-0.4, -0.2) is 36.0 Å². The fourth-order valence-electron chi connectivity index (χ4n) is 4.14. The summed E-state index contributed by atoms with van der Waals surface area (Å²) >= 11 is 1.62. The quantitative estimate of drug-likeness (QED) is 0.571. The van der Waals surface area contributed by atoms with Crippen molar-refractivity contribution in [3.05, 3.63) is 70.7 Å². The molecule has 2 aliphatic heterocycles. The summed E-state index contributed by atoms with van der Waals surface area (Å²) in [5.74, 6) is 1.31. The van der Waals surface area contributed by atoms with E-state index in [1.807, 2.05) is 35.8 Å². The Hall–Kier alpha value is -2.67. The number of hydrogen-bond acceptors (Lipinski definition) is 6. The second-order valence-corrected chi connectivity index (χ2v) is 8.72. The molecular formula is C24H25N3O2S. The van der Waals surface area contributed by atoms with Crippen LogP contribution in [-0.2, 0) is 4.74 Å². The Labute approximate surface area is 180 Å². The molecule has 5 nitrogen and oxygen atoms in total. The first-order valence-electron chi connectivity index (χ1n) is 10.4. The molecule has 154 valence electrons. The van der Waals surface area contributed by atoms with E-state index >= 15 is 0 Å². The number of fused-ring (bicyclic) bond motifs is 1. The number of aliphatic hydroxyl groups excluding tert-OH is 1. The first-order chi connectivity index (χ1) is 14.8. The highest BCUT2D eigenvalue weighted by molar-refractivity contribution is 7.11. The molecule has 1 unspecified atom stereocenters. The maximum absolute atomic E-state index is 10.9. The summed E-state index contributed by atoms with van der Waals surface area (Å²) in [6.07, 6.45) is 5.08. The highest BCUT2D eigenvalue weighted by Gasteiger charge is 2.29. The number of anilines is 1. The molecule has 0 radical (unpaired) electrons. The molecule has 0 bridgehead atoms. The van der Waals surface area contributed by atoms with Crippen molar-refractivity contribution < 1.29 is 9.84 Å². The lowest BCUT2D eigenvalue weighted by atomic mass is 9.95. The van der Waals surface area contributed by atoms with Crippen LogP contribution in [0.5, 0.6) is 0 Å². The van der Waals surface area contributed by atoms with E-state index in [4.69, 9.17) is 4.74 Å². The molecule has 30 heavy (non-hydrogen) atoms. The molecule has 1 atom stereocenters. The summed E-state index contributed by atoms with van der Waals surface area (Å²) < 4.78 is 6.49. The first-order valence-corrected chi connectivity index (χ1v) is 11.3. The van der Waals surface area contributed by atoms with Gasteiger partial charge in [-0.15, -0.1) is 11.3 Å². The summed E-state index contributed by atoms with van der Waals surface area (Å²) in [6, 6.07) is 14.2. The molecule has 2 aliphatic rings. The molecule has 3 N–H and O–H groups in total. The Morgan fingerprint density at radius 2 is 2.00 bits per heavy atom. The number of nitrogens with one attached hydrogen (secondary N) is 2. The normalized spacial score (nSPS) is 19.3. The molecule has 0 amide bonds. The zero-order valence-corrected chi connectivity index (χ0v) is 17.5. The van der Waals surface area contributed by atoms with Gasteiger partial charge in [-0.05, 0) is 67.1 Å². The average Bonchev–Trinajstić information content (AvgIpc) is 3.32. The van der Waals surface area contributed by atoms with Gasteiger partial charge >= 0.3 is 0 Å². The Kier molecular flexibility index (Phi) is 5.53. The second-order valence-electron chi connectivity index (χ2n) is 7.77. The van der Waals surface area contributed by atoms with Crippen molar-refractivity contribution in [3.8, 4) is 11.1 Å². The van der Waals surface area contributed by atoms with E-state index in [1.165, 1.54) is 0 Å². The number of thiophene rings is 1. The molecule has 1 aromatic carbocycles. The van der Waals surface area contributed by atoms with E-state index in [0.717, 1.165) is 64.5 Å². The number of aliphatic hydroxyl groups is 1. The van der Waals surface area contributed by atoms with Gasteiger partial charge in [0, 0.05) is 34.1 Å². The zero-order chi connectivity index (χ0) is 20.3. The summed E-state index contributed by atoms with van der Waals surface area (Å²) in [5, 5.41) is 19.6. The molecule has 0 saturated carbocycles. The molecule has 6 heteroatoms. The van der Waals surface area contributed by atoms with Gasteiger partial charge in [-0.25, -0.2) is 0 Å². The van der Waals surface area contributed by atoms with Gasteiger partial charge in [-0.2, -0.15) is 0 Å². The largest absolute Gasteiger partial charge is 0.492 e. The van der Waals surface area contributed by atoms with Crippen LogP contribution in [0.15, 0.2) is 60.2 Å². The minimum Gasteiger partial charge on any atom is -0.492 e. The molecule has 1 saturated heterocycles. The highest BCUT2D eigenvalue weighted by atomic mass is 32.1. The van der Waals surface area contributed by atoms with Crippen LogP contribution in [0.1, 0.15) is 23.3 Å². The molecule has 1 fully saturated rings. The SMILES string of the molecule is OC1Nc2ccc(-c3cccnc3)cc2C(OCC2CCNCC2)=C1c1cccs1. The lowest BCUT2D eigenvalue weighted by Crippen LogP contribution is -2.31. The average molecular weight is 420 g/mol. The van der Waals surface area contributed by atoms with Crippen molar-refractivity contribution in [2.75, 3.05) is 25.0 Å². The third-order valence-electron chi connectivity index (χ3n) is 5.78. The maximum atomic E-state index is 10.9. The third-order valence-corrected chi connectivity index (χ3v) is 6.68. The lowest BCUT2D eigenvalue weighted by molar-refractivity contribution is 0.185. The number of benzene rings is 1. The molecule has 0 spiro atoms. The zero-order valence-electron chi connectivity index (χ0n) is 16.7. The monoisotopic (exact) mass is 419 g/mol. The fraction of sp³-hybridized carbons (Fsp3) is 0.292. The van der Waals surface area contributed by atoms with Gasteiger partial charge in [0.2, 0.25) is 0 Å². The number of rotatable bonds is 5. The molecule has 0 aliphatic carbocycles. The van der Waals surface area contributed by atoms with E-state index in [2.05, 4.69) is 33.8 Å². The van der Waals surface area contributed by atoms with Gasteiger partial charge in [0.1, 0.15) is 5.76 Å². The van der Waals surface area contributed by atoms with Crippen molar-refractivity contribution in [3.63, 3.8) is 0 Å². The van der Waals surface area contributed by atoms with Crippen molar-refractivity contribution in [2.24, 2.45) is 5.92 Å². The van der Waals surface area contributed by atoms with E-state index < -0.39 is 6.23 Å². The van der Waals surface area contributed by atoms with E-state index in [1.54, 1.807) is 17.5 Å². The molecule has 3 aromatic rings. The number of piperidine rings is 1. The number of ether oxygens (including phenoxy) is 1. The Morgan fingerprint density at radius 3 is 2.77 bits per heavy atom.